The minimum atomic E-state index is 0.638. The largest absolute Gasteiger partial charge is 0.314 e. The average molecular weight is 212 g/mol. The molecule has 0 amide bonds. The Bertz CT molecular complexity index is 157. The van der Waals surface area contributed by atoms with Crippen LogP contribution in [0.15, 0.2) is 0 Å². The molecule has 1 unspecified atom stereocenters. The van der Waals surface area contributed by atoms with Gasteiger partial charge < -0.3 is 10.2 Å². The van der Waals surface area contributed by atoms with Gasteiger partial charge in [-0.15, -0.1) is 0 Å². The van der Waals surface area contributed by atoms with E-state index in [1.165, 1.54) is 51.9 Å². The Morgan fingerprint density at radius 3 is 2.80 bits per heavy atom. The van der Waals surface area contributed by atoms with Crippen molar-refractivity contribution in [3.63, 3.8) is 0 Å². The van der Waals surface area contributed by atoms with E-state index in [1.54, 1.807) is 0 Å². The van der Waals surface area contributed by atoms with Crippen molar-refractivity contribution in [3.8, 4) is 0 Å². The van der Waals surface area contributed by atoms with E-state index < -0.39 is 0 Å². The van der Waals surface area contributed by atoms with Crippen LogP contribution in [0, 0.1) is 5.92 Å². The highest BCUT2D eigenvalue weighted by Crippen LogP contribution is 2.16. The third-order valence-electron chi connectivity index (χ3n) is 3.26. The fourth-order valence-corrected chi connectivity index (χ4v) is 2.27. The van der Waals surface area contributed by atoms with E-state index in [9.17, 15) is 0 Å². The molecular weight excluding hydrogens is 184 g/mol. The molecule has 0 saturated carbocycles. The SMILES string of the molecule is CCCCCN1CCC(CNC(C)C)C1. The van der Waals surface area contributed by atoms with E-state index in [0.717, 1.165) is 5.92 Å². The highest BCUT2D eigenvalue weighted by atomic mass is 15.1. The normalized spacial score (nSPS) is 22.8. The molecular formula is C13H28N2. The number of nitrogens with one attached hydrogen (secondary N) is 1. The summed E-state index contributed by atoms with van der Waals surface area (Å²) in [6, 6.07) is 0.638. The maximum atomic E-state index is 3.55. The van der Waals surface area contributed by atoms with Crippen molar-refractivity contribution in [2.75, 3.05) is 26.2 Å². The Morgan fingerprint density at radius 2 is 2.13 bits per heavy atom. The van der Waals surface area contributed by atoms with Gasteiger partial charge in [-0.25, -0.2) is 0 Å². The van der Waals surface area contributed by atoms with Crippen LogP contribution in [0.2, 0.25) is 0 Å². The molecule has 0 spiro atoms. The number of hydrogen-bond acceptors (Lipinski definition) is 2. The van der Waals surface area contributed by atoms with Gasteiger partial charge in [-0.3, -0.25) is 0 Å². The first-order valence-corrected chi connectivity index (χ1v) is 6.68. The summed E-state index contributed by atoms with van der Waals surface area (Å²) >= 11 is 0. The monoisotopic (exact) mass is 212 g/mol. The van der Waals surface area contributed by atoms with Gasteiger partial charge in [-0.1, -0.05) is 33.6 Å². The van der Waals surface area contributed by atoms with Crippen molar-refractivity contribution in [1.29, 1.82) is 0 Å². The van der Waals surface area contributed by atoms with Gasteiger partial charge in [0, 0.05) is 12.6 Å². The molecule has 0 aromatic heterocycles. The molecule has 0 bridgehead atoms. The Labute approximate surface area is 95.4 Å². The summed E-state index contributed by atoms with van der Waals surface area (Å²) in [5, 5.41) is 3.55. The Hall–Kier alpha value is -0.0800. The maximum absolute atomic E-state index is 3.55. The zero-order valence-corrected chi connectivity index (χ0v) is 10.8. The highest BCUT2D eigenvalue weighted by molar-refractivity contribution is 4.77. The lowest BCUT2D eigenvalue weighted by Crippen LogP contribution is -2.31. The van der Waals surface area contributed by atoms with Crippen molar-refractivity contribution in [2.24, 2.45) is 5.92 Å². The van der Waals surface area contributed by atoms with Crippen LogP contribution < -0.4 is 5.32 Å². The molecule has 1 N–H and O–H groups in total. The van der Waals surface area contributed by atoms with Gasteiger partial charge in [-0.05, 0) is 38.4 Å². The minimum absolute atomic E-state index is 0.638. The summed E-state index contributed by atoms with van der Waals surface area (Å²) in [6.45, 7) is 11.9. The number of likely N-dealkylation sites (tertiary alicyclic amines) is 1. The lowest BCUT2D eigenvalue weighted by molar-refractivity contribution is 0.312. The zero-order chi connectivity index (χ0) is 11.1. The van der Waals surface area contributed by atoms with Crippen LogP contribution in [0.1, 0.15) is 46.5 Å². The summed E-state index contributed by atoms with van der Waals surface area (Å²) in [4.78, 5) is 2.64. The van der Waals surface area contributed by atoms with Crippen LogP contribution in [0.3, 0.4) is 0 Å². The Morgan fingerprint density at radius 1 is 1.33 bits per heavy atom. The van der Waals surface area contributed by atoms with E-state index in [-0.39, 0.29) is 0 Å². The van der Waals surface area contributed by atoms with Crippen molar-refractivity contribution >= 4 is 0 Å². The molecule has 0 aromatic carbocycles. The Kier molecular flexibility index (Phi) is 6.26. The highest BCUT2D eigenvalue weighted by Gasteiger charge is 2.21. The number of nitrogens with zero attached hydrogens (tertiary/aromatic N) is 1. The summed E-state index contributed by atoms with van der Waals surface area (Å²) in [7, 11) is 0. The van der Waals surface area contributed by atoms with Gasteiger partial charge in [0.25, 0.3) is 0 Å². The number of hydrogen-bond donors (Lipinski definition) is 1. The van der Waals surface area contributed by atoms with Crippen LogP contribution in [0.5, 0.6) is 0 Å². The third kappa shape index (κ3) is 5.53. The standard InChI is InChI=1S/C13H28N2/c1-4-5-6-8-15-9-7-13(11-15)10-14-12(2)3/h12-14H,4-11H2,1-3H3. The van der Waals surface area contributed by atoms with Gasteiger partial charge in [0.1, 0.15) is 0 Å². The van der Waals surface area contributed by atoms with E-state index in [0.29, 0.717) is 6.04 Å². The molecule has 1 aliphatic heterocycles. The second-order valence-corrected chi connectivity index (χ2v) is 5.23. The van der Waals surface area contributed by atoms with Crippen molar-refractivity contribution in [3.05, 3.63) is 0 Å². The first kappa shape index (κ1) is 13.0. The van der Waals surface area contributed by atoms with E-state index in [4.69, 9.17) is 0 Å². The molecule has 1 rings (SSSR count). The van der Waals surface area contributed by atoms with Crippen molar-refractivity contribution in [1.82, 2.24) is 10.2 Å². The van der Waals surface area contributed by atoms with Crippen LogP contribution >= 0.6 is 0 Å². The molecule has 1 atom stereocenters. The van der Waals surface area contributed by atoms with E-state index >= 15 is 0 Å². The van der Waals surface area contributed by atoms with E-state index in [1.807, 2.05) is 0 Å². The summed E-state index contributed by atoms with van der Waals surface area (Å²) in [6.07, 6.45) is 5.52. The van der Waals surface area contributed by atoms with Crippen LogP contribution in [-0.4, -0.2) is 37.1 Å². The molecule has 15 heavy (non-hydrogen) atoms. The predicted octanol–water partition coefficient (Wildman–Crippen LogP) is 2.50. The molecule has 1 aliphatic rings. The van der Waals surface area contributed by atoms with Gasteiger partial charge in [0.15, 0.2) is 0 Å². The quantitative estimate of drug-likeness (QED) is 0.652. The fourth-order valence-electron chi connectivity index (χ4n) is 2.27. The topological polar surface area (TPSA) is 15.3 Å². The van der Waals surface area contributed by atoms with Crippen LogP contribution in [0.4, 0.5) is 0 Å². The third-order valence-corrected chi connectivity index (χ3v) is 3.26. The molecule has 1 fully saturated rings. The van der Waals surface area contributed by atoms with Gasteiger partial charge >= 0.3 is 0 Å². The predicted molar refractivity (Wildman–Crippen MR) is 67.2 cm³/mol. The molecule has 1 saturated heterocycles. The lowest BCUT2D eigenvalue weighted by atomic mass is 10.1. The summed E-state index contributed by atoms with van der Waals surface area (Å²) in [5.41, 5.74) is 0. The lowest BCUT2D eigenvalue weighted by Gasteiger charge is -2.16. The van der Waals surface area contributed by atoms with E-state index in [2.05, 4.69) is 31.0 Å². The second kappa shape index (κ2) is 7.24. The smallest absolute Gasteiger partial charge is 0.00223 e. The second-order valence-electron chi connectivity index (χ2n) is 5.23. The fraction of sp³-hybridized carbons (Fsp3) is 1.00. The molecule has 0 radical (unpaired) electrons. The molecule has 2 nitrogen and oxygen atoms in total. The van der Waals surface area contributed by atoms with Crippen LogP contribution in [-0.2, 0) is 0 Å². The average Bonchev–Trinajstić information content (AvgIpc) is 2.63. The molecule has 0 aliphatic carbocycles. The van der Waals surface area contributed by atoms with Gasteiger partial charge in [0.2, 0.25) is 0 Å². The molecule has 90 valence electrons. The molecule has 2 heteroatoms. The van der Waals surface area contributed by atoms with Gasteiger partial charge in [0.05, 0.1) is 0 Å². The summed E-state index contributed by atoms with van der Waals surface area (Å²) < 4.78 is 0. The molecule has 1 heterocycles. The first-order valence-electron chi connectivity index (χ1n) is 6.68. The number of unbranched alkanes of at least 4 members (excludes halogenated alkanes) is 2. The van der Waals surface area contributed by atoms with Crippen molar-refractivity contribution < 1.29 is 0 Å². The van der Waals surface area contributed by atoms with Gasteiger partial charge in [-0.2, -0.15) is 0 Å². The first-order chi connectivity index (χ1) is 7.22. The summed E-state index contributed by atoms with van der Waals surface area (Å²) in [5.74, 6) is 0.897. The number of rotatable bonds is 7. The minimum Gasteiger partial charge on any atom is -0.314 e. The molecule has 0 aromatic rings. The zero-order valence-electron chi connectivity index (χ0n) is 10.8. The van der Waals surface area contributed by atoms with Crippen LogP contribution in [0.25, 0.3) is 0 Å². The van der Waals surface area contributed by atoms with Crippen molar-refractivity contribution in [2.45, 2.75) is 52.5 Å². The Balaban J connectivity index is 2.04. The maximum Gasteiger partial charge on any atom is 0.00223 e.